The van der Waals surface area contributed by atoms with Gasteiger partial charge in [-0.25, -0.2) is 4.68 Å². The van der Waals surface area contributed by atoms with E-state index in [-0.39, 0.29) is 6.42 Å². The number of nitrogens with zero attached hydrogens (tertiary/aromatic N) is 3. The first-order chi connectivity index (χ1) is 6.65. The minimum atomic E-state index is -0.820. The number of carbonyl (C=O) groups is 1. The molecule has 0 spiro atoms. The zero-order valence-electron chi connectivity index (χ0n) is 7.90. The highest BCUT2D eigenvalue weighted by atomic mass is 79.9. The molecule has 1 heterocycles. The van der Waals surface area contributed by atoms with Crippen molar-refractivity contribution in [1.82, 2.24) is 15.0 Å². The number of aliphatic carboxylic acids is 1. The lowest BCUT2D eigenvalue weighted by Crippen LogP contribution is -2.09. The van der Waals surface area contributed by atoms with Gasteiger partial charge in [-0.2, -0.15) is 0 Å². The van der Waals surface area contributed by atoms with Crippen molar-refractivity contribution in [2.75, 3.05) is 0 Å². The van der Waals surface area contributed by atoms with E-state index in [2.05, 4.69) is 33.2 Å². The third-order valence-electron chi connectivity index (χ3n) is 1.81. The van der Waals surface area contributed by atoms with E-state index in [4.69, 9.17) is 5.11 Å². The predicted molar refractivity (Wildman–Crippen MR) is 54.0 cm³/mol. The third kappa shape index (κ3) is 2.80. The number of rotatable bonds is 5. The maximum atomic E-state index is 10.4. The monoisotopic (exact) mass is 261 g/mol. The number of halogens is 1. The van der Waals surface area contributed by atoms with Crippen LogP contribution in [0.3, 0.4) is 0 Å². The first kappa shape index (κ1) is 11.2. The van der Waals surface area contributed by atoms with Crippen LogP contribution in [0.2, 0.25) is 0 Å². The highest BCUT2D eigenvalue weighted by molar-refractivity contribution is 9.10. The molecule has 78 valence electrons. The van der Waals surface area contributed by atoms with Gasteiger partial charge in [0.15, 0.2) is 4.60 Å². The van der Waals surface area contributed by atoms with E-state index in [1.807, 2.05) is 0 Å². The number of aromatic nitrogens is 3. The van der Waals surface area contributed by atoms with E-state index in [0.29, 0.717) is 11.1 Å². The van der Waals surface area contributed by atoms with Gasteiger partial charge in [-0.3, -0.25) is 4.79 Å². The highest BCUT2D eigenvalue weighted by Gasteiger charge is 2.10. The van der Waals surface area contributed by atoms with Gasteiger partial charge in [0, 0.05) is 0 Å². The van der Waals surface area contributed by atoms with Crippen molar-refractivity contribution < 1.29 is 9.90 Å². The van der Waals surface area contributed by atoms with Gasteiger partial charge in [-0.15, -0.1) is 5.10 Å². The molecule has 0 aliphatic heterocycles. The Morgan fingerprint density at radius 3 is 2.93 bits per heavy atom. The quantitative estimate of drug-likeness (QED) is 0.872. The largest absolute Gasteiger partial charge is 0.481 e. The van der Waals surface area contributed by atoms with Crippen LogP contribution < -0.4 is 0 Å². The van der Waals surface area contributed by atoms with Crippen molar-refractivity contribution in [2.45, 2.75) is 32.7 Å². The fourth-order valence-electron chi connectivity index (χ4n) is 1.16. The summed E-state index contributed by atoms with van der Waals surface area (Å²) < 4.78 is 2.35. The van der Waals surface area contributed by atoms with Crippen molar-refractivity contribution in [3.63, 3.8) is 0 Å². The molecule has 1 aromatic rings. The van der Waals surface area contributed by atoms with Crippen LogP contribution in [0.1, 0.15) is 25.5 Å². The van der Waals surface area contributed by atoms with Gasteiger partial charge in [0.05, 0.1) is 18.7 Å². The average Bonchev–Trinajstić information content (AvgIpc) is 2.46. The van der Waals surface area contributed by atoms with E-state index in [0.717, 1.165) is 18.5 Å². The fraction of sp³-hybridized carbons (Fsp3) is 0.625. The number of carboxylic acid groups (broad SMARTS) is 1. The zero-order valence-corrected chi connectivity index (χ0v) is 9.49. The Bertz CT molecular complexity index is 324. The lowest BCUT2D eigenvalue weighted by Gasteiger charge is -2.02. The summed E-state index contributed by atoms with van der Waals surface area (Å²) in [6, 6.07) is 0. The Morgan fingerprint density at radius 1 is 1.64 bits per heavy atom. The average molecular weight is 262 g/mol. The molecular formula is C8H12BrN3O2. The van der Waals surface area contributed by atoms with Crippen LogP contribution in [0.25, 0.3) is 0 Å². The Labute approximate surface area is 90.2 Å². The van der Waals surface area contributed by atoms with Crippen molar-refractivity contribution in [2.24, 2.45) is 0 Å². The molecule has 1 aromatic heterocycles. The molecule has 0 aliphatic carbocycles. The molecule has 0 aromatic carbocycles. The summed E-state index contributed by atoms with van der Waals surface area (Å²) in [5.74, 6) is -0.820. The summed E-state index contributed by atoms with van der Waals surface area (Å²) in [5, 5.41) is 16.2. The van der Waals surface area contributed by atoms with Crippen LogP contribution in [0, 0.1) is 0 Å². The van der Waals surface area contributed by atoms with Gasteiger partial charge in [-0.1, -0.05) is 18.6 Å². The van der Waals surface area contributed by atoms with Crippen molar-refractivity contribution in [3.05, 3.63) is 10.3 Å². The van der Waals surface area contributed by atoms with Crippen molar-refractivity contribution in [3.8, 4) is 0 Å². The first-order valence-corrected chi connectivity index (χ1v) is 5.24. The molecule has 0 radical (unpaired) electrons. The van der Waals surface area contributed by atoms with Gasteiger partial charge in [-0.05, 0) is 22.4 Å². The van der Waals surface area contributed by atoms with Crippen molar-refractivity contribution >= 4 is 21.9 Å². The second-order valence-electron chi connectivity index (χ2n) is 2.94. The Balaban J connectivity index is 2.70. The number of hydrogen-bond donors (Lipinski definition) is 1. The number of hydrogen-bond acceptors (Lipinski definition) is 3. The van der Waals surface area contributed by atoms with Crippen LogP contribution in [0.15, 0.2) is 4.60 Å². The molecule has 0 amide bonds. The fourth-order valence-corrected chi connectivity index (χ4v) is 1.64. The molecule has 0 saturated carbocycles. The zero-order chi connectivity index (χ0) is 10.6. The number of carboxylic acids is 1. The highest BCUT2D eigenvalue weighted by Crippen LogP contribution is 2.14. The third-order valence-corrected chi connectivity index (χ3v) is 2.43. The van der Waals surface area contributed by atoms with E-state index in [9.17, 15) is 4.79 Å². The predicted octanol–water partition coefficient (Wildman–Crippen LogP) is 1.47. The van der Waals surface area contributed by atoms with Gasteiger partial charge < -0.3 is 5.11 Å². The van der Waals surface area contributed by atoms with Gasteiger partial charge in [0.1, 0.15) is 0 Å². The molecule has 0 bridgehead atoms. The summed E-state index contributed by atoms with van der Waals surface area (Å²) in [6.07, 6.45) is 1.92. The molecule has 0 saturated heterocycles. The molecule has 5 nitrogen and oxygen atoms in total. The molecular weight excluding hydrogens is 250 g/mol. The van der Waals surface area contributed by atoms with Crippen LogP contribution in [-0.4, -0.2) is 26.1 Å². The summed E-state index contributed by atoms with van der Waals surface area (Å²) >= 11 is 3.28. The standard InChI is InChI=1S/C8H12BrN3O2/c1-2-3-6-8(9)10-11-12(6)5-4-7(13)14/h2-5H2,1H3,(H,13,14). The van der Waals surface area contributed by atoms with Crippen LogP contribution in [-0.2, 0) is 17.8 Å². The van der Waals surface area contributed by atoms with Crippen LogP contribution >= 0.6 is 15.9 Å². The first-order valence-electron chi connectivity index (χ1n) is 4.44. The molecule has 1 N–H and O–H groups in total. The summed E-state index contributed by atoms with van der Waals surface area (Å²) in [5.41, 5.74) is 0.966. The Hall–Kier alpha value is -0.910. The number of aryl methyl sites for hydroxylation is 1. The van der Waals surface area contributed by atoms with E-state index in [1.165, 1.54) is 0 Å². The minimum Gasteiger partial charge on any atom is -0.481 e. The maximum absolute atomic E-state index is 10.4. The van der Waals surface area contributed by atoms with Crippen molar-refractivity contribution in [1.29, 1.82) is 0 Å². The normalized spacial score (nSPS) is 10.4. The van der Waals surface area contributed by atoms with Gasteiger partial charge in [0.2, 0.25) is 0 Å². The molecule has 0 aliphatic rings. The Kier molecular flexibility index (Phi) is 4.06. The second kappa shape index (κ2) is 5.09. The lowest BCUT2D eigenvalue weighted by atomic mass is 10.2. The lowest BCUT2D eigenvalue weighted by molar-refractivity contribution is -0.137. The molecule has 0 fully saturated rings. The maximum Gasteiger partial charge on any atom is 0.305 e. The van der Waals surface area contributed by atoms with E-state index >= 15 is 0 Å². The second-order valence-corrected chi connectivity index (χ2v) is 3.69. The molecule has 0 atom stereocenters. The molecule has 6 heteroatoms. The minimum absolute atomic E-state index is 0.0759. The molecule has 0 unspecified atom stereocenters. The van der Waals surface area contributed by atoms with Gasteiger partial charge in [0.25, 0.3) is 0 Å². The smallest absolute Gasteiger partial charge is 0.305 e. The topological polar surface area (TPSA) is 68.0 Å². The van der Waals surface area contributed by atoms with E-state index in [1.54, 1.807) is 4.68 Å². The Morgan fingerprint density at radius 2 is 2.36 bits per heavy atom. The van der Waals surface area contributed by atoms with E-state index < -0.39 is 5.97 Å². The van der Waals surface area contributed by atoms with Crippen LogP contribution in [0.5, 0.6) is 0 Å². The van der Waals surface area contributed by atoms with Gasteiger partial charge >= 0.3 is 5.97 Å². The van der Waals surface area contributed by atoms with Crippen LogP contribution in [0.4, 0.5) is 0 Å². The molecule has 1 rings (SSSR count). The SMILES string of the molecule is CCCc1c(Br)nnn1CCC(=O)O. The summed E-state index contributed by atoms with van der Waals surface area (Å²) in [6.45, 7) is 2.43. The summed E-state index contributed by atoms with van der Waals surface area (Å²) in [4.78, 5) is 10.4. The molecule has 14 heavy (non-hydrogen) atoms. The summed E-state index contributed by atoms with van der Waals surface area (Å²) in [7, 11) is 0.